The molecule has 6 heteroatoms. The number of rotatable bonds is 9. The molecule has 0 aliphatic carbocycles. The van der Waals surface area contributed by atoms with E-state index in [4.69, 9.17) is 9.47 Å². The van der Waals surface area contributed by atoms with Crippen LogP contribution in [0.2, 0.25) is 0 Å². The second-order valence-electron chi connectivity index (χ2n) is 5.27. The minimum Gasteiger partial charge on any atom is -0.494 e. The molecule has 23 heavy (non-hydrogen) atoms. The fourth-order valence-corrected chi connectivity index (χ4v) is 2.52. The second kappa shape index (κ2) is 10.3. The zero-order valence-electron chi connectivity index (χ0n) is 13.9. The smallest absolute Gasteiger partial charge is 0.310 e. The molecule has 0 aromatic heterocycles. The number of nitrogens with zero attached hydrogens (tertiary/aromatic N) is 1. The summed E-state index contributed by atoms with van der Waals surface area (Å²) >= 11 is 3.38. The van der Waals surface area contributed by atoms with Crippen molar-refractivity contribution in [1.82, 2.24) is 4.90 Å². The third kappa shape index (κ3) is 7.03. The van der Waals surface area contributed by atoms with Crippen molar-refractivity contribution in [2.45, 2.75) is 26.7 Å². The van der Waals surface area contributed by atoms with E-state index >= 15 is 0 Å². The maximum absolute atomic E-state index is 12.2. The first-order valence-electron chi connectivity index (χ1n) is 7.71. The van der Waals surface area contributed by atoms with Crippen molar-refractivity contribution < 1.29 is 19.1 Å². The number of amides is 1. The lowest BCUT2D eigenvalue weighted by molar-refractivity contribution is -0.146. The van der Waals surface area contributed by atoms with Gasteiger partial charge in [0.05, 0.1) is 19.6 Å². The average molecular weight is 386 g/mol. The van der Waals surface area contributed by atoms with E-state index < -0.39 is 0 Å². The average Bonchev–Trinajstić information content (AvgIpc) is 2.55. The van der Waals surface area contributed by atoms with Crippen molar-refractivity contribution in [1.29, 1.82) is 0 Å². The molecule has 0 N–H and O–H groups in total. The molecule has 1 unspecified atom stereocenters. The number of ether oxygens (including phenoxy) is 2. The number of methoxy groups -OCH3 is 1. The van der Waals surface area contributed by atoms with Crippen molar-refractivity contribution in [2.24, 2.45) is 5.92 Å². The Bertz CT molecular complexity index is 521. The monoisotopic (exact) mass is 385 g/mol. The van der Waals surface area contributed by atoms with Gasteiger partial charge in [-0.25, -0.2) is 0 Å². The standard InChI is InChI=1S/C17H24BrNO4/c1-4-19(12-13(2)17(21)22-3)16(20)9-6-10-23-15-8-5-7-14(18)11-15/h5,7-8,11,13H,4,6,9-10,12H2,1-3H3. The van der Waals surface area contributed by atoms with Crippen LogP contribution in [0.15, 0.2) is 28.7 Å². The molecule has 0 spiro atoms. The van der Waals surface area contributed by atoms with E-state index in [1.165, 1.54) is 7.11 Å². The van der Waals surface area contributed by atoms with Crippen molar-refractivity contribution >= 4 is 27.8 Å². The fraction of sp³-hybridized carbons (Fsp3) is 0.529. The predicted octanol–water partition coefficient (Wildman–Crippen LogP) is 3.27. The first-order valence-corrected chi connectivity index (χ1v) is 8.51. The number of hydrogen-bond acceptors (Lipinski definition) is 4. The Morgan fingerprint density at radius 2 is 2.09 bits per heavy atom. The van der Waals surface area contributed by atoms with E-state index in [0.717, 1.165) is 10.2 Å². The molecule has 5 nitrogen and oxygen atoms in total. The molecule has 0 bridgehead atoms. The van der Waals surface area contributed by atoms with E-state index in [9.17, 15) is 9.59 Å². The van der Waals surface area contributed by atoms with Crippen LogP contribution in [0.4, 0.5) is 0 Å². The molecule has 0 heterocycles. The Balaban J connectivity index is 2.34. The first-order chi connectivity index (χ1) is 11.0. The second-order valence-corrected chi connectivity index (χ2v) is 6.18. The van der Waals surface area contributed by atoms with Gasteiger partial charge in [0.2, 0.25) is 5.91 Å². The lowest BCUT2D eigenvalue weighted by Crippen LogP contribution is -2.37. The van der Waals surface area contributed by atoms with Gasteiger partial charge in [-0.3, -0.25) is 9.59 Å². The Kier molecular flexibility index (Phi) is 8.69. The summed E-state index contributed by atoms with van der Waals surface area (Å²) in [6, 6.07) is 7.59. The molecule has 1 amide bonds. The van der Waals surface area contributed by atoms with Crippen LogP contribution in [0.5, 0.6) is 5.75 Å². The molecule has 0 saturated carbocycles. The van der Waals surface area contributed by atoms with Crippen LogP contribution >= 0.6 is 15.9 Å². The molecule has 1 atom stereocenters. The van der Waals surface area contributed by atoms with Crippen LogP contribution in [0.3, 0.4) is 0 Å². The molecule has 0 aliphatic rings. The van der Waals surface area contributed by atoms with Crippen LogP contribution in [0, 0.1) is 5.92 Å². The number of carbonyl (C=O) groups excluding carboxylic acids is 2. The topological polar surface area (TPSA) is 55.8 Å². The Morgan fingerprint density at radius 3 is 2.70 bits per heavy atom. The summed E-state index contributed by atoms with van der Waals surface area (Å²) in [7, 11) is 1.36. The van der Waals surface area contributed by atoms with Gasteiger partial charge in [-0.15, -0.1) is 0 Å². The van der Waals surface area contributed by atoms with Crippen molar-refractivity contribution in [3.05, 3.63) is 28.7 Å². The SMILES string of the molecule is CCN(CC(C)C(=O)OC)C(=O)CCCOc1cccc(Br)c1. The molecular formula is C17H24BrNO4. The zero-order valence-corrected chi connectivity index (χ0v) is 15.5. The summed E-state index contributed by atoms with van der Waals surface area (Å²) in [6.07, 6.45) is 1.03. The predicted molar refractivity (Wildman–Crippen MR) is 92.3 cm³/mol. The highest BCUT2D eigenvalue weighted by atomic mass is 79.9. The van der Waals surface area contributed by atoms with E-state index in [1.54, 1.807) is 11.8 Å². The van der Waals surface area contributed by atoms with Gasteiger partial charge in [0.1, 0.15) is 5.75 Å². The van der Waals surface area contributed by atoms with Gasteiger partial charge in [0, 0.05) is 24.0 Å². The molecule has 0 radical (unpaired) electrons. The summed E-state index contributed by atoms with van der Waals surface area (Å²) in [5, 5.41) is 0. The highest BCUT2D eigenvalue weighted by molar-refractivity contribution is 9.10. The molecule has 1 aromatic rings. The van der Waals surface area contributed by atoms with Gasteiger partial charge < -0.3 is 14.4 Å². The molecule has 0 fully saturated rings. The summed E-state index contributed by atoms with van der Waals surface area (Å²) in [6.45, 7) is 5.10. The highest BCUT2D eigenvalue weighted by Crippen LogP contribution is 2.18. The van der Waals surface area contributed by atoms with E-state index in [0.29, 0.717) is 32.5 Å². The summed E-state index contributed by atoms with van der Waals surface area (Å²) in [4.78, 5) is 25.3. The van der Waals surface area contributed by atoms with Crippen molar-refractivity contribution in [2.75, 3.05) is 26.8 Å². The minimum absolute atomic E-state index is 0.0288. The molecule has 1 rings (SSSR count). The molecule has 0 aliphatic heterocycles. The first kappa shape index (κ1) is 19.5. The molecular weight excluding hydrogens is 362 g/mol. The van der Waals surface area contributed by atoms with E-state index in [1.807, 2.05) is 31.2 Å². The number of esters is 1. The summed E-state index contributed by atoms with van der Waals surface area (Å²) in [5.74, 6) is 0.190. The Labute approximate surface area is 146 Å². The van der Waals surface area contributed by atoms with Gasteiger partial charge in [-0.1, -0.05) is 28.9 Å². The van der Waals surface area contributed by atoms with Gasteiger partial charge >= 0.3 is 5.97 Å². The van der Waals surface area contributed by atoms with Gasteiger partial charge in [-0.2, -0.15) is 0 Å². The van der Waals surface area contributed by atoms with E-state index in [-0.39, 0.29) is 17.8 Å². The van der Waals surface area contributed by atoms with Crippen LogP contribution in [0.1, 0.15) is 26.7 Å². The maximum atomic E-state index is 12.2. The third-order valence-corrected chi connectivity index (χ3v) is 3.93. The molecule has 1 aromatic carbocycles. The number of halogens is 1. The largest absolute Gasteiger partial charge is 0.494 e. The Hall–Kier alpha value is -1.56. The number of hydrogen-bond donors (Lipinski definition) is 0. The van der Waals surface area contributed by atoms with Gasteiger partial charge in [-0.05, 0) is 31.5 Å². The third-order valence-electron chi connectivity index (χ3n) is 3.43. The number of carbonyl (C=O) groups is 2. The van der Waals surface area contributed by atoms with Crippen LogP contribution < -0.4 is 4.74 Å². The van der Waals surface area contributed by atoms with Crippen LogP contribution in [-0.4, -0.2) is 43.6 Å². The number of benzene rings is 1. The highest BCUT2D eigenvalue weighted by Gasteiger charge is 2.20. The lowest BCUT2D eigenvalue weighted by Gasteiger charge is -2.23. The summed E-state index contributed by atoms with van der Waals surface area (Å²) in [5.41, 5.74) is 0. The van der Waals surface area contributed by atoms with Gasteiger partial charge in [0.15, 0.2) is 0 Å². The molecule has 0 saturated heterocycles. The molecule has 128 valence electrons. The fourth-order valence-electron chi connectivity index (χ4n) is 2.14. The zero-order chi connectivity index (χ0) is 17.2. The van der Waals surface area contributed by atoms with E-state index in [2.05, 4.69) is 15.9 Å². The Morgan fingerprint density at radius 1 is 1.35 bits per heavy atom. The van der Waals surface area contributed by atoms with Crippen LogP contribution in [0.25, 0.3) is 0 Å². The van der Waals surface area contributed by atoms with Crippen molar-refractivity contribution in [3.63, 3.8) is 0 Å². The summed E-state index contributed by atoms with van der Waals surface area (Å²) < 4.78 is 11.3. The quantitative estimate of drug-likeness (QED) is 0.483. The normalized spacial score (nSPS) is 11.7. The maximum Gasteiger partial charge on any atom is 0.310 e. The van der Waals surface area contributed by atoms with Gasteiger partial charge in [0.25, 0.3) is 0 Å². The minimum atomic E-state index is -0.318. The lowest BCUT2D eigenvalue weighted by atomic mass is 10.1. The van der Waals surface area contributed by atoms with Crippen molar-refractivity contribution in [3.8, 4) is 5.75 Å². The van der Waals surface area contributed by atoms with Crippen LogP contribution in [-0.2, 0) is 14.3 Å².